The molecule has 1 aromatic heterocycles. The van der Waals surface area contributed by atoms with Crippen molar-refractivity contribution in [1.82, 2.24) is 25.5 Å². The molecular weight excluding hydrogens is 382 g/mol. The van der Waals surface area contributed by atoms with Crippen LogP contribution < -0.4 is 5.32 Å². The smallest absolute Gasteiger partial charge is 0.220 e. The number of nitrogens with one attached hydrogen (secondary N) is 1. The average molecular weight is 406 g/mol. The molecule has 0 bridgehead atoms. The van der Waals surface area contributed by atoms with Gasteiger partial charge in [0.25, 0.3) is 0 Å². The number of nitrogens with zero attached hydrogens (tertiary/aromatic N) is 4. The van der Waals surface area contributed by atoms with Crippen molar-refractivity contribution in [3.63, 3.8) is 0 Å². The molecule has 1 atom stereocenters. The Hall–Kier alpha value is -1.76. The number of aromatic nitrogens is 4. The minimum absolute atomic E-state index is 0.0712. The Labute approximate surface area is 156 Å². The van der Waals surface area contributed by atoms with Crippen LogP contribution in [0.2, 0.25) is 0 Å². The summed E-state index contributed by atoms with van der Waals surface area (Å²) in [5.41, 5.74) is 0.859. The first kappa shape index (κ1) is 18.0. The summed E-state index contributed by atoms with van der Waals surface area (Å²) in [7, 11) is 0. The minimum atomic E-state index is -0.243. The van der Waals surface area contributed by atoms with Crippen LogP contribution in [0.1, 0.15) is 63.7 Å². The molecule has 0 aliphatic heterocycles. The molecule has 1 aromatic carbocycles. The number of amides is 1. The van der Waals surface area contributed by atoms with Crippen molar-refractivity contribution in [3.8, 4) is 5.69 Å². The molecule has 1 saturated carbocycles. The van der Waals surface area contributed by atoms with Gasteiger partial charge in [-0.2, -0.15) is 4.68 Å². The normalized spacial score (nSPS) is 16.6. The van der Waals surface area contributed by atoms with Crippen LogP contribution in [0, 0.1) is 5.92 Å². The van der Waals surface area contributed by atoms with Gasteiger partial charge in [-0.05, 0) is 47.9 Å². The molecule has 0 saturated heterocycles. The monoisotopic (exact) mass is 405 g/mol. The van der Waals surface area contributed by atoms with Crippen LogP contribution >= 0.6 is 15.9 Å². The number of hydrogen-bond acceptors (Lipinski definition) is 4. The van der Waals surface area contributed by atoms with Gasteiger partial charge in [0, 0.05) is 10.9 Å². The molecule has 134 valence electrons. The maximum atomic E-state index is 12.3. The van der Waals surface area contributed by atoms with E-state index >= 15 is 0 Å². The fourth-order valence-corrected chi connectivity index (χ4v) is 3.83. The molecule has 1 N–H and O–H groups in total. The van der Waals surface area contributed by atoms with Crippen molar-refractivity contribution in [3.05, 3.63) is 34.6 Å². The third-order valence-electron chi connectivity index (χ3n) is 4.82. The number of carbonyl (C=O) groups is 1. The highest BCUT2D eigenvalue weighted by Gasteiger charge is 2.19. The lowest BCUT2D eigenvalue weighted by Gasteiger charge is -2.21. The molecule has 1 heterocycles. The maximum Gasteiger partial charge on any atom is 0.220 e. The lowest BCUT2D eigenvalue weighted by molar-refractivity contribution is -0.122. The largest absolute Gasteiger partial charge is 0.346 e. The van der Waals surface area contributed by atoms with Gasteiger partial charge in [0.2, 0.25) is 5.91 Å². The van der Waals surface area contributed by atoms with Crippen LogP contribution in [0.4, 0.5) is 0 Å². The third-order valence-corrected chi connectivity index (χ3v) is 5.31. The van der Waals surface area contributed by atoms with E-state index < -0.39 is 0 Å². The first-order chi connectivity index (χ1) is 12.1. The summed E-state index contributed by atoms with van der Waals surface area (Å²) in [6.45, 7) is 1.92. The molecule has 1 unspecified atom stereocenters. The Balaban J connectivity index is 1.59. The highest BCUT2D eigenvalue weighted by molar-refractivity contribution is 9.10. The first-order valence-electron chi connectivity index (χ1n) is 8.97. The molecule has 1 aliphatic carbocycles. The van der Waals surface area contributed by atoms with Gasteiger partial charge >= 0.3 is 0 Å². The van der Waals surface area contributed by atoms with Crippen molar-refractivity contribution >= 4 is 21.8 Å². The van der Waals surface area contributed by atoms with Crippen molar-refractivity contribution in [2.24, 2.45) is 5.92 Å². The van der Waals surface area contributed by atoms with Crippen molar-refractivity contribution in [2.45, 2.75) is 57.9 Å². The van der Waals surface area contributed by atoms with E-state index in [1.165, 1.54) is 32.1 Å². The highest BCUT2D eigenvalue weighted by atomic mass is 79.9. The average Bonchev–Trinajstić information content (AvgIpc) is 3.11. The van der Waals surface area contributed by atoms with E-state index in [1.54, 1.807) is 4.68 Å². The Kier molecular flexibility index (Phi) is 6.18. The van der Waals surface area contributed by atoms with E-state index in [9.17, 15) is 4.79 Å². The number of tetrazole rings is 1. The number of rotatable bonds is 6. The van der Waals surface area contributed by atoms with Crippen molar-refractivity contribution in [2.75, 3.05) is 0 Å². The SMILES string of the molecule is CC(NC(=O)CCC1CCCCC1)c1nnnn1-c1cccc(Br)c1. The molecule has 2 aromatic rings. The lowest BCUT2D eigenvalue weighted by atomic mass is 9.86. The summed E-state index contributed by atoms with van der Waals surface area (Å²) in [6.07, 6.45) is 8.06. The standard InChI is InChI=1S/C18H24BrN5O/c1-13(20-17(25)11-10-14-6-3-2-4-7-14)18-21-22-23-24(18)16-9-5-8-15(19)12-16/h5,8-9,12-14H,2-4,6-7,10-11H2,1H3,(H,20,25). The van der Waals surface area contributed by atoms with Crippen LogP contribution in [0.15, 0.2) is 28.7 Å². The predicted octanol–water partition coefficient (Wildman–Crippen LogP) is 3.96. The Morgan fingerprint density at radius 3 is 2.92 bits per heavy atom. The van der Waals surface area contributed by atoms with Gasteiger partial charge in [0.05, 0.1) is 11.7 Å². The van der Waals surface area contributed by atoms with Gasteiger partial charge in [0.15, 0.2) is 5.82 Å². The third kappa shape index (κ3) is 4.87. The highest BCUT2D eigenvalue weighted by Crippen LogP contribution is 2.27. The van der Waals surface area contributed by atoms with Gasteiger partial charge < -0.3 is 5.32 Å². The van der Waals surface area contributed by atoms with E-state index in [1.807, 2.05) is 31.2 Å². The van der Waals surface area contributed by atoms with Crippen LogP contribution in [-0.4, -0.2) is 26.1 Å². The van der Waals surface area contributed by atoms with Crippen LogP contribution in [0.3, 0.4) is 0 Å². The van der Waals surface area contributed by atoms with Gasteiger partial charge in [-0.25, -0.2) is 0 Å². The molecule has 3 rings (SSSR count). The maximum absolute atomic E-state index is 12.3. The lowest BCUT2D eigenvalue weighted by Crippen LogP contribution is -2.29. The van der Waals surface area contributed by atoms with Crippen molar-refractivity contribution < 1.29 is 4.79 Å². The summed E-state index contributed by atoms with van der Waals surface area (Å²) in [5, 5.41) is 15.0. The Morgan fingerprint density at radius 2 is 2.16 bits per heavy atom. The van der Waals surface area contributed by atoms with E-state index in [0.29, 0.717) is 18.2 Å². The van der Waals surface area contributed by atoms with Crippen LogP contribution in [-0.2, 0) is 4.79 Å². The fraction of sp³-hybridized carbons (Fsp3) is 0.556. The number of halogens is 1. The van der Waals surface area contributed by atoms with E-state index in [0.717, 1.165) is 16.6 Å². The molecule has 1 fully saturated rings. The summed E-state index contributed by atoms with van der Waals surface area (Å²) in [6, 6.07) is 7.51. The zero-order valence-electron chi connectivity index (χ0n) is 14.5. The minimum Gasteiger partial charge on any atom is -0.346 e. The van der Waals surface area contributed by atoms with E-state index in [-0.39, 0.29) is 11.9 Å². The zero-order chi connectivity index (χ0) is 17.6. The molecule has 0 spiro atoms. The summed E-state index contributed by atoms with van der Waals surface area (Å²) >= 11 is 3.46. The topological polar surface area (TPSA) is 72.7 Å². The number of carbonyl (C=O) groups excluding carboxylic acids is 1. The molecule has 7 heteroatoms. The zero-order valence-corrected chi connectivity index (χ0v) is 16.1. The van der Waals surface area contributed by atoms with Gasteiger partial charge in [-0.1, -0.05) is 54.1 Å². The van der Waals surface area contributed by atoms with E-state index in [4.69, 9.17) is 0 Å². The Morgan fingerprint density at radius 1 is 1.36 bits per heavy atom. The van der Waals surface area contributed by atoms with Crippen molar-refractivity contribution in [1.29, 1.82) is 0 Å². The van der Waals surface area contributed by atoms with Crippen LogP contribution in [0.5, 0.6) is 0 Å². The second-order valence-corrected chi connectivity index (χ2v) is 7.68. The van der Waals surface area contributed by atoms with Gasteiger partial charge in [-0.3, -0.25) is 4.79 Å². The second-order valence-electron chi connectivity index (χ2n) is 6.76. The second kappa shape index (κ2) is 8.56. The van der Waals surface area contributed by atoms with Crippen LogP contribution in [0.25, 0.3) is 5.69 Å². The molecule has 1 aliphatic rings. The quantitative estimate of drug-likeness (QED) is 0.788. The molecular formula is C18H24BrN5O. The first-order valence-corrected chi connectivity index (χ1v) is 9.76. The fourth-order valence-electron chi connectivity index (χ4n) is 3.45. The number of hydrogen-bond donors (Lipinski definition) is 1. The van der Waals surface area contributed by atoms with E-state index in [2.05, 4.69) is 36.8 Å². The molecule has 1 amide bonds. The molecule has 0 radical (unpaired) electrons. The molecule has 6 nitrogen and oxygen atoms in total. The molecule has 25 heavy (non-hydrogen) atoms. The summed E-state index contributed by atoms with van der Waals surface area (Å²) in [5.74, 6) is 1.41. The van der Waals surface area contributed by atoms with Gasteiger partial charge in [0.1, 0.15) is 0 Å². The summed E-state index contributed by atoms with van der Waals surface area (Å²) < 4.78 is 2.62. The predicted molar refractivity (Wildman–Crippen MR) is 99.2 cm³/mol. The Bertz CT molecular complexity index is 711. The van der Waals surface area contributed by atoms with Gasteiger partial charge in [-0.15, -0.1) is 5.10 Å². The summed E-state index contributed by atoms with van der Waals surface area (Å²) in [4.78, 5) is 12.3. The number of benzene rings is 1.